The summed E-state index contributed by atoms with van der Waals surface area (Å²) >= 11 is 0. The van der Waals surface area contributed by atoms with E-state index in [1.54, 1.807) is 29.4 Å². The van der Waals surface area contributed by atoms with Gasteiger partial charge in [-0.1, -0.05) is 0 Å². The minimum atomic E-state index is -0.537. The van der Waals surface area contributed by atoms with E-state index in [4.69, 9.17) is 8.83 Å². The Morgan fingerprint density at radius 2 is 2.24 bits per heavy atom. The van der Waals surface area contributed by atoms with E-state index in [0.29, 0.717) is 24.7 Å². The second-order valence-electron chi connectivity index (χ2n) is 4.90. The smallest absolute Gasteiger partial charge is 0.434 e. The molecule has 7 heteroatoms. The number of nitrogens with zero attached hydrogens (tertiary/aromatic N) is 2. The van der Waals surface area contributed by atoms with Crippen LogP contribution < -0.4 is 5.76 Å². The predicted octanol–water partition coefficient (Wildman–Crippen LogP) is 1.38. The van der Waals surface area contributed by atoms with Crippen molar-refractivity contribution in [2.75, 3.05) is 13.1 Å². The predicted molar refractivity (Wildman–Crippen MR) is 73.4 cm³/mol. The van der Waals surface area contributed by atoms with Gasteiger partial charge in [-0.05, 0) is 31.1 Å². The summed E-state index contributed by atoms with van der Waals surface area (Å²) in [6, 6.07) is 3.56. The number of aromatic amines is 1. The number of carbonyl (C=O) groups is 1. The molecular formula is C14H15N3O4. The Bertz CT molecular complexity index is 675. The van der Waals surface area contributed by atoms with Crippen molar-refractivity contribution in [3.8, 4) is 0 Å². The molecule has 1 saturated heterocycles. The van der Waals surface area contributed by atoms with Crippen molar-refractivity contribution in [2.45, 2.75) is 18.8 Å². The molecule has 0 atom stereocenters. The molecule has 3 rings (SSSR count). The van der Waals surface area contributed by atoms with Crippen LogP contribution in [0.2, 0.25) is 0 Å². The summed E-state index contributed by atoms with van der Waals surface area (Å²) < 4.78 is 10.1. The van der Waals surface area contributed by atoms with Crippen LogP contribution in [-0.4, -0.2) is 34.1 Å². The van der Waals surface area contributed by atoms with Gasteiger partial charge in [-0.15, -0.1) is 5.10 Å². The lowest BCUT2D eigenvalue weighted by molar-refractivity contribution is -0.127. The molecule has 0 aromatic carbocycles. The van der Waals surface area contributed by atoms with E-state index in [9.17, 15) is 9.59 Å². The molecule has 0 bridgehead atoms. The lowest BCUT2D eigenvalue weighted by atomic mass is 9.97. The quantitative estimate of drug-likeness (QED) is 0.862. The summed E-state index contributed by atoms with van der Waals surface area (Å²) in [5.74, 6) is 0.579. The summed E-state index contributed by atoms with van der Waals surface area (Å²) in [7, 11) is 0. The van der Waals surface area contributed by atoms with Crippen LogP contribution in [0.5, 0.6) is 0 Å². The number of hydrogen-bond donors (Lipinski definition) is 1. The first-order chi connectivity index (χ1) is 10.2. The highest BCUT2D eigenvalue weighted by Gasteiger charge is 2.26. The number of hydrogen-bond acceptors (Lipinski definition) is 5. The molecule has 0 radical (unpaired) electrons. The fourth-order valence-electron chi connectivity index (χ4n) is 2.41. The zero-order valence-corrected chi connectivity index (χ0v) is 11.3. The first-order valence-corrected chi connectivity index (χ1v) is 6.78. The molecule has 0 saturated carbocycles. The Balaban J connectivity index is 1.55. The fraction of sp³-hybridized carbons (Fsp3) is 0.357. The van der Waals surface area contributed by atoms with Gasteiger partial charge in [0.2, 0.25) is 11.8 Å². The maximum atomic E-state index is 12.0. The van der Waals surface area contributed by atoms with Gasteiger partial charge < -0.3 is 13.7 Å². The van der Waals surface area contributed by atoms with Crippen molar-refractivity contribution in [3.05, 3.63) is 46.7 Å². The zero-order chi connectivity index (χ0) is 14.7. The maximum Gasteiger partial charge on any atom is 0.434 e. The van der Waals surface area contributed by atoms with E-state index in [1.807, 2.05) is 0 Å². The summed E-state index contributed by atoms with van der Waals surface area (Å²) in [6.45, 7) is 1.23. The second kappa shape index (κ2) is 5.82. The van der Waals surface area contributed by atoms with Crippen LogP contribution in [0.1, 0.15) is 30.4 Å². The van der Waals surface area contributed by atoms with E-state index in [2.05, 4.69) is 10.2 Å². The number of amides is 1. The molecule has 21 heavy (non-hydrogen) atoms. The van der Waals surface area contributed by atoms with Crippen molar-refractivity contribution in [3.63, 3.8) is 0 Å². The monoisotopic (exact) mass is 289 g/mol. The number of carbonyl (C=O) groups excluding carboxylic acids is 1. The number of rotatable bonds is 3. The molecule has 1 aliphatic heterocycles. The lowest BCUT2D eigenvalue weighted by Crippen LogP contribution is -2.36. The Morgan fingerprint density at radius 3 is 2.86 bits per heavy atom. The molecule has 0 aliphatic carbocycles. The van der Waals surface area contributed by atoms with Crippen molar-refractivity contribution in [1.82, 2.24) is 15.1 Å². The normalized spacial score (nSPS) is 16.7. The summed E-state index contributed by atoms with van der Waals surface area (Å²) in [6.07, 6.45) is 6.19. The van der Waals surface area contributed by atoms with Gasteiger partial charge in [-0.25, -0.2) is 9.89 Å². The number of H-pyrrole nitrogens is 1. The van der Waals surface area contributed by atoms with Crippen LogP contribution in [0.25, 0.3) is 6.08 Å². The number of furan rings is 1. The molecule has 1 aliphatic rings. The topological polar surface area (TPSA) is 92.3 Å². The minimum absolute atomic E-state index is 0.0478. The average molecular weight is 289 g/mol. The van der Waals surface area contributed by atoms with Crippen molar-refractivity contribution in [2.24, 2.45) is 0 Å². The van der Waals surface area contributed by atoms with Gasteiger partial charge in [0.25, 0.3) is 0 Å². The summed E-state index contributed by atoms with van der Waals surface area (Å²) in [4.78, 5) is 24.7. The first kappa shape index (κ1) is 13.4. The van der Waals surface area contributed by atoms with Crippen LogP contribution in [0.3, 0.4) is 0 Å². The SMILES string of the molecule is O=C(/C=C/c1ccco1)N1CCC(c2n[nH]c(=O)o2)CC1. The average Bonchev–Trinajstić information content (AvgIpc) is 3.16. The first-order valence-electron chi connectivity index (χ1n) is 6.78. The maximum absolute atomic E-state index is 12.0. The fourth-order valence-corrected chi connectivity index (χ4v) is 2.41. The molecule has 1 amide bonds. The third kappa shape index (κ3) is 3.13. The molecule has 1 N–H and O–H groups in total. The molecule has 3 heterocycles. The molecule has 110 valence electrons. The van der Waals surface area contributed by atoms with E-state index in [0.717, 1.165) is 12.8 Å². The Morgan fingerprint density at radius 1 is 1.43 bits per heavy atom. The highest BCUT2D eigenvalue weighted by atomic mass is 16.4. The van der Waals surface area contributed by atoms with E-state index in [-0.39, 0.29) is 11.8 Å². The van der Waals surface area contributed by atoms with E-state index >= 15 is 0 Å². The molecule has 0 spiro atoms. The molecule has 2 aromatic rings. The highest BCUT2D eigenvalue weighted by molar-refractivity contribution is 5.91. The molecule has 2 aromatic heterocycles. The summed E-state index contributed by atoms with van der Waals surface area (Å²) in [5.41, 5.74) is 0. The number of nitrogens with one attached hydrogen (secondary N) is 1. The van der Waals surface area contributed by atoms with Crippen molar-refractivity contribution < 1.29 is 13.6 Å². The molecular weight excluding hydrogens is 274 g/mol. The van der Waals surface area contributed by atoms with Gasteiger partial charge in [-0.2, -0.15) is 0 Å². The highest BCUT2D eigenvalue weighted by Crippen LogP contribution is 2.25. The van der Waals surface area contributed by atoms with Crippen molar-refractivity contribution >= 4 is 12.0 Å². The van der Waals surface area contributed by atoms with Gasteiger partial charge in [0.15, 0.2) is 0 Å². The van der Waals surface area contributed by atoms with Crippen LogP contribution in [-0.2, 0) is 4.79 Å². The minimum Gasteiger partial charge on any atom is -0.465 e. The second-order valence-corrected chi connectivity index (χ2v) is 4.90. The van der Waals surface area contributed by atoms with Crippen LogP contribution in [0, 0.1) is 0 Å². The third-order valence-corrected chi connectivity index (χ3v) is 3.54. The van der Waals surface area contributed by atoms with E-state index < -0.39 is 5.76 Å². The number of likely N-dealkylation sites (tertiary alicyclic amines) is 1. The van der Waals surface area contributed by atoms with Gasteiger partial charge >= 0.3 is 5.76 Å². The largest absolute Gasteiger partial charge is 0.465 e. The lowest BCUT2D eigenvalue weighted by Gasteiger charge is -2.29. The third-order valence-electron chi connectivity index (χ3n) is 3.54. The standard InChI is InChI=1S/C14H15N3O4/c18-12(4-3-11-2-1-9-20-11)17-7-5-10(6-8-17)13-15-16-14(19)21-13/h1-4,9-10H,5-8H2,(H,16,19)/b4-3+. The Kier molecular flexibility index (Phi) is 3.72. The van der Waals surface area contributed by atoms with Crippen LogP contribution >= 0.6 is 0 Å². The van der Waals surface area contributed by atoms with Gasteiger partial charge in [0.1, 0.15) is 5.76 Å². The molecule has 1 fully saturated rings. The summed E-state index contributed by atoms with van der Waals surface area (Å²) in [5, 5.41) is 6.11. The van der Waals surface area contributed by atoms with Crippen molar-refractivity contribution in [1.29, 1.82) is 0 Å². The zero-order valence-electron chi connectivity index (χ0n) is 11.3. The van der Waals surface area contributed by atoms with E-state index in [1.165, 1.54) is 6.08 Å². The van der Waals surface area contributed by atoms with Crippen LogP contribution in [0.15, 0.2) is 38.1 Å². The van der Waals surface area contributed by atoms with Crippen LogP contribution in [0.4, 0.5) is 0 Å². The Hall–Kier alpha value is -2.57. The molecule has 0 unspecified atom stereocenters. The number of aromatic nitrogens is 2. The Labute approximate surface area is 120 Å². The number of piperidine rings is 1. The van der Waals surface area contributed by atoms with Gasteiger partial charge in [0.05, 0.1) is 6.26 Å². The molecule has 7 nitrogen and oxygen atoms in total. The van der Waals surface area contributed by atoms with Gasteiger partial charge in [-0.3, -0.25) is 4.79 Å². The van der Waals surface area contributed by atoms with Gasteiger partial charge in [0, 0.05) is 25.1 Å².